The Bertz CT molecular complexity index is 403. The molecule has 3 heteroatoms. The third-order valence-corrected chi connectivity index (χ3v) is 4.07. The molecule has 1 heterocycles. The first-order chi connectivity index (χ1) is 7.90. The Balaban J connectivity index is 2.15. The first kappa shape index (κ1) is 13.1. The van der Waals surface area contributed by atoms with Crippen LogP contribution in [0, 0.1) is 0 Å². The Morgan fingerprint density at radius 3 is 2.71 bits per heavy atom. The predicted molar refractivity (Wildman–Crippen MR) is 72.1 cm³/mol. The van der Waals surface area contributed by atoms with Crippen molar-refractivity contribution in [3.8, 4) is 0 Å². The van der Waals surface area contributed by atoms with Crippen LogP contribution in [0.25, 0.3) is 0 Å². The summed E-state index contributed by atoms with van der Waals surface area (Å²) in [5.41, 5.74) is 0.285. The zero-order valence-electron chi connectivity index (χ0n) is 10.4. The maximum Gasteiger partial charge on any atom is 0.0737 e. The first-order valence-electron chi connectivity index (χ1n) is 6.00. The van der Waals surface area contributed by atoms with Gasteiger partial charge in [-0.3, -0.25) is 0 Å². The van der Waals surface area contributed by atoms with E-state index in [2.05, 4.69) is 22.0 Å². The van der Waals surface area contributed by atoms with Gasteiger partial charge in [0, 0.05) is 17.3 Å². The summed E-state index contributed by atoms with van der Waals surface area (Å²) in [6.45, 7) is 4.71. The molecule has 1 aromatic rings. The number of ether oxygens (including phenoxy) is 1. The maximum atomic E-state index is 10.7. The standard InChI is InChI=1S/C14H19BrO2/c1-13(2)10-14(16,7-8-17-13)9-11-5-3-4-6-12(11)15/h3-6,16H,7-10H2,1-2H3. The molecule has 0 bridgehead atoms. The van der Waals surface area contributed by atoms with Crippen LogP contribution in [0.2, 0.25) is 0 Å². The van der Waals surface area contributed by atoms with Crippen molar-refractivity contribution in [2.45, 2.75) is 44.3 Å². The van der Waals surface area contributed by atoms with Gasteiger partial charge in [-0.2, -0.15) is 0 Å². The second kappa shape index (κ2) is 4.71. The van der Waals surface area contributed by atoms with Gasteiger partial charge in [-0.25, -0.2) is 0 Å². The van der Waals surface area contributed by atoms with Gasteiger partial charge in [0.25, 0.3) is 0 Å². The maximum absolute atomic E-state index is 10.7. The summed E-state index contributed by atoms with van der Waals surface area (Å²) in [5, 5.41) is 10.7. The molecule has 1 fully saturated rings. The fourth-order valence-electron chi connectivity index (χ4n) is 2.60. The highest BCUT2D eigenvalue weighted by Crippen LogP contribution is 2.35. The average molecular weight is 299 g/mol. The molecular formula is C14H19BrO2. The summed E-state index contributed by atoms with van der Waals surface area (Å²) in [6.07, 6.45) is 2.07. The SMILES string of the molecule is CC1(C)CC(O)(Cc2ccccc2Br)CCO1. The van der Waals surface area contributed by atoms with Gasteiger partial charge < -0.3 is 9.84 Å². The fourth-order valence-corrected chi connectivity index (χ4v) is 3.02. The van der Waals surface area contributed by atoms with E-state index < -0.39 is 5.60 Å². The third kappa shape index (κ3) is 3.30. The van der Waals surface area contributed by atoms with Crippen LogP contribution in [0.15, 0.2) is 28.7 Å². The Kier molecular flexibility index (Phi) is 3.62. The van der Waals surface area contributed by atoms with E-state index >= 15 is 0 Å². The lowest BCUT2D eigenvalue weighted by atomic mass is 9.80. The summed E-state index contributed by atoms with van der Waals surface area (Å²) in [7, 11) is 0. The highest BCUT2D eigenvalue weighted by Gasteiger charge is 2.39. The molecule has 1 aliphatic rings. The third-order valence-electron chi connectivity index (χ3n) is 3.29. The molecule has 1 aromatic carbocycles. The summed E-state index contributed by atoms with van der Waals surface area (Å²) in [4.78, 5) is 0. The molecule has 17 heavy (non-hydrogen) atoms. The molecule has 1 aliphatic heterocycles. The minimum absolute atomic E-state index is 0.228. The molecule has 1 unspecified atom stereocenters. The van der Waals surface area contributed by atoms with Crippen LogP contribution < -0.4 is 0 Å². The monoisotopic (exact) mass is 298 g/mol. The van der Waals surface area contributed by atoms with Crippen LogP contribution >= 0.6 is 15.9 Å². The smallest absolute Gasteiger partial charge is 0.0737 e. The van der Waals surface area contributed by atoms with Crippen LogP contribution in [-0.2, 0) is 11.2 Å². The van der Waals surface area contributed by atoms with Gasteiger partial charge in [0.15, 0.2) is 0 Å². The average Bonchev–Trinajstić information content (AvgIpc) is 2.19. The zero-order valence-corrected chi connectivity index (χ0v) is 12.0. The van der Waals surface area contributed by atoms with Crippen molar-refractivity contribution < 1.29 is 9.84 Å². The second-order valence-corrected chi connectivity index (χ2v) is 6.38. The number of rotatable bonds is 2. The lowest BCUT2D eigenvalue weighted by Gasteiger charge is -2.41. The molecule has 2 rings (SSSR count). The van der Waals surface area contributed by atoms with Crippen molar-refractivity contribution in [1.29, 1.82) is 0 Å². The topological polar surface area (TPSA) is 29.5 Å². The molecule has 1 saturated heterocycles. The van der Waals surface area contributed by atoms with E-state index in [4.69, 9.17) is 4.74 Å². The van der Waals surface area contributed by atoms with Crippen LogP contribution in [0.1, 0.15) is 32.3 Å². The summed E-state index contributed by atoms with van der Waals surface area (Å²) >= 11 is 3.53. The molecule has 0 spiro atoms. The molecule has 1 atom stereocenters. The second-order valence-electron chi connectivity index (χ2n) is 5.53. The molecule has 94 valence electrons. The van der Waals surface area contributed by atoms with Crippen LogP contribution in [0.4, 0.5) is 0 Å². The molecule has 1 N–H and O–H groups in total. The van der Waals surface area contributed by atoms with Crippen molar-refractivity contribution in [3.05, 3.63) is 34.3 Å². The highest BCUT2D eigenvalue weighted by molar-refractivity contribution is 9.10. The van der Waals surface area contributed by atoms with Gasteiger partial charge in [-0.1, -0.05) is 34.1 Å². The van der Waals surface area contributed by atoms with Crippen molar-refractivity contribution >= 4 is 15.9 Å². The Labute approximate surface area is 111 Å². The van der Waals surface area contributed by atoms with E-state index in [1.807, 2.05) is 32.0 Å². The molecule has 0 saturated carbocycles. The molecule has 0 aromatic heterocycles. The fraction of sp³-hybridized carbons (Fsp3) is 0.571. The van der Waals surface area contributed by atoms with Crippen molar-refractivity contribution in [3.63, 3.8) is 0 Å². The predicted octanol–water partition coefficient (Wildman–Crippen LogP) is 3.31. The van der Waals surface area contributed by atoms with Crippen LogP contribution in [0.3, 0.4) is 0 Å². The molecule has 2 nitrogen and oxygen atoms in total. The lowest BCUT2D eigenvalue weighted by Crippen LogP contribution is -2.47. The number of halogens is 1. The van der Waals surface area contributed by atoms with Gasteiger partial charge in [-0.05, 0) is 31.9 Å². The summed E-state index contributed by atoms with van der Waals surface area (Å²) in [6, 6.07) is 8.08. The Hall–Kier alpha value is -0.380. The lowest BCUT2D eigenvalue weighted by molar-refractivity contribution is -0.143. The first-order valence-corrected chi connectivity index (χ1v) is 6.79. The van der Waals surface area contributed by atoms with Gasteiger partial charge in [0.05, 0.1) is 17.8 Å². The van der Waals surface area contributed by atoms with Crippen molar-refractivity contribution in [1.82, 2.24) is 0 Å². The van der Waals surface area contributed by atoms with Crippen molar-refractivity contribution in [2.75, 3.05) is 6.61 Å². The van der Waals surface area contributed by atoms with E-state index in [1.165, 1.54) is 0 Å². The van der Waals surface area contributed by atoms with Gasteiger partial charge in [0.1, 0.15) is 0 Å². The van der Waals surface area contributed by atoms with E-state index in [0.29, 0.717) is 25.9 Å². The van der Waals surface area contributed by atoms with Crippen LogP contribution in [-0.4, -0.2) is 22.9 Å². The van der Waals surface area contributed by atoms with Gasteiger partial charge >= 0.3 is 0 Å². The number of benzene rings is 1. The molecule has 0 aliphatic carbocycles. The van der Waals surface area contributed by atoms with E-state index in [9.17, 15) is 5.11 Å². The Morgan fingerprint density at radius 2 is 2.06 bits per heavy atom. The van der Waals surface area contributed by atoms with E-state index in [0.717, 1.165) is 10.0 Å². The largest absolute Gasteiger partial charge is 0.389 e. The minimum Gasteiger partial charge on any atom is -0.389 e. The van der Waals surface area contributed by atoms with Crippen LogP contribution in [0.5, 0.6) is 0 Å². The normalized spacial score (nSPS) is 28.0. The quantitative estimate of drug-likeness (QED) is 0.908. The van der Waals surface area contributed by atoms with Gasteiger partial charge in [0.2, 0.25) is 0 Å². The summed E-state index contributed by atoms with van der Waals surface area (Å²) < 4.78 is 6.72. The number of hydrogen-bond donors (Lipinski definition) is 1. The molecule has 0 radical (unpaired) electrons. The zero-order chi connectivity index (χ0) is 12.5. The summed E-state index contributed by atoms with van der Waals surface area (Å²) in [5.74, 6) is 0. The molecular weight excluding hydrogens is 280 g/mol. The van der Waals surface area contributed by atoms with Crippen molar-refractivity contribution in [2.24, 2.45) is 0 Å². The van der Waals surface area contributed by atoms with Gasteiger partial charge in [-0.15, -0.1) is 0 Å². The van der Waals surface area contributed by atoms with E-state index in [1.54, 1.807) is 0 Å². The Morgan fingerprint density at radius 1 is 1.35 bits per heavy atom. The highest BCUT2D eigenvalue weighted by atomic mass is 79.9. The van der Waals surface area contributed by atoms with E-state index in [-0.39, 0.29) is 5.60 Å². The minimum atomic E-state index is -0.647. The molecule has 0 amide bonds. The number of hydrogen-bond acceptors (Lipinski definition) is 2. The number of aliphatic hydroxyl groups is 1.